The van der Waals surface area contributed by atoms with Crippen LogP contribution in [0.2, 0.25) is 0 Å². The minimum atomic E-state index is 0.484. The highest BCUT2D eigenvalue weighted by Gasteiger charge is 1.99. The first-order valence-corrected chi connectivity index (χ1v) is 5.88. The smallest absolute Gasteiger partial charge is 0.120 e. The summed E-state index contributed by atoms with van der Waals surface area (Å²) in [5, 5.41) is 8.82. The maximum atomic E-state index is 8.82. The first kappa shape index (κ1) is 12.2. The molecule has 0 aromatic heterocycles. The fourth-order valence-corrected chi connectivity index (χ4v) is 1.70. The van der Waals surface area contributed by atoms with Crippen LogP contribution in [0.5, 0.6) is 5.75 Å². The van der Waals surface area contributed by atoms with E-state index in [1.807, 2.05) is 30.3 Å². The summed E-state index contributed by atoms with van der Waals surface area (Å²) in [6.07, 6.45) is 0. The number of aryl methyl sites for hydroxylation is 2. The van der Waals surface area contributed by atoms with Crippen LogP contribution in [0.3, 0.4) is 0 Å². The molecule has 0 aliphatic rings. The van der Waals surface area contributed by atoms with Gasteiger partial charge in [-0.25, -0.2) is 0 Å². The van der Waals surface area contributed by atoms with E-state index in [0.29, 0.717) is 12.2 Å². The van der Waals surface area contributed by atoms with Crippen LogP contribution in [0.1, 0.15) is 22.3 Å². The van der Waals surface area contributed by atoms with E-state index in [4.69, 9.17) is 10.00 Å². The van der Waals surface area contributed by atoms with Crippen LogP contribution in [0.4, 0.5) is 0 Å². The van der Waals surface area contributed by atoms with Crippen molar-refractivity contribution in [3.63, 3.8) is 0 Å². The zero-order chi connectivity index (χ0) is 13.0. The zero-order valence-electron chi connectivity index (χ0n) is 10.6. The van der Waals surface area contributed by atoms with Gasteiger partial charge in [0.2, 0.25) is 0 Å². The molecule has 0 aliphatic carbocycles. The van der Waals surface area contributed by atoms with Crippen molar-refractivity contribution in [3.8, 4) is 11.8 Å². The van der Waals surface area contributed by atoms with Gasteiger partial charge in [0.05, 0.1) is 11.6 Å². The van der Waals surface area contributed by atoms with E-state index in [2.05, 4.69) is 26.0 Å². The molecule has 0 aliphatic heterocycles. The van der Waals surface area contributed by atoms with E-state index in [-0.39, 0.29) is 0 Å². The first-order valence-electron chi connectivity index (χ1n) is 5.88. The van der Waals surface area contributed by atoms with Crippen molar-refractivity contribution in [3.05, 3.63) is 64.7 Å². The summed E-state index contributed by atoms with van der Waals surface area (Å²) in [6.45, 7) is 4.63. The quantitative estimate of drug-likeness (QED) is 0.814. The molecular weight excluding hydrogens is 222 g/mol. The molecule has 0 radical (unpaired) electrons. The fraction of sp³-hybridized carbons (Fsp3) is 0.188. The molecule has 0 saturated heterocycles. The van der Waals surface area contributed by atoms with Crippen molar-refractivity contribution in [2.24, 2.45) is 0 Å². The summed E-state index contributed by atoms with van der Waals surface area (Å²) in [4.78, 5) is 0. The standard InChI is InChI=1S/C16H15NO/c1-12-6-7-16(8-13(12)2)18-11-15-5-3-4-14(9-15)10-17/h3-9H,11H2,1-2H3. The molecule has 2 heteroatoms. The molecule has 18 heavy (non-hydrogen) atoms. The maximum Gasteiger partial charge on any atom is 0.120 e. The topological polar surface area (TPSA) is 33.0 Å². The van der Waals surface area contributed by atoms with Gasteiger partial charge in [0.15, 0.2) is 0 Å². The number of hydrogen-bond acceptors (Lipinski definition) is 2. The second-order valence-electron chi connectivity index (χ2n) is 4.35. The Hall–Kier alpha value is -2.27. The highest BCUT2D eigenvalue weighted by molar-refractivity contribution is 5.35. The highest BCUT2D eigenvalue weighted by atomic mass is 16.5. The van der Waals surface area contributed by atoms with Crippen LogP contribution in [0.25, 0.3) is 0 Å². The lowest BCUT2D eigenvalue weighted by atomic mass is 10.1. The third kappa shape index (κ3) is 2.89. The summed E-state index contributed by atoms with van der Waals surface area (Å²) >= 11 is 0. The molecule has 0 bridgehead atoms. The van der Waals surface area contributed by atoms with Gasteiger partial charge >= 0.3 is 0 Å². The minimum Gasteiger partial charge on any atom is -0.489 e. The first-order chi connectivity index (χ1) is 8.69. The Balaban J connectivity index is 2.07. The number of nitrogens with zero attached hydrogens (tertiary/aromatic N) is 1. The minimum absolute atomic E-state index is 0.484. The summed E-state index contributed by atoms with van der Waals surface area (Å²) in [5.41, 5.74) is 4.15. The summed E-state index contributed by atoms with van der Waals surface area (Å²) < 4.78 is 5.72. The molecular formula is C16H15NO. The molecule has 90 valence electrons. The molecule has 0 fully saturated rings. The molecule has 0 unspecified atom stereocenters. The van der Waals surface area contributed by atoms with Crippen molar-refractivity contribution < 1.29 is 4.74 Å². The van der Waals surface area contributed by atoms with E-state index in [9.17, 15) is 0 Å². The molecule has 0 amide bonds. The molecule has 2 rings (SSSR count). The van der Waals surface area contributed by atoms with Gasteiger partial charge in [-0.1, -0.05) is 18.2 Å². The Morgan fingerprint density at radius 3 is 2.61 bits per heavy atom. The lowest BCUT2D eigenvalue weighted by Gasteiger charge is -2.08. The van der Waals surface area contributed by atoms with Gasteiger partial charge in [0.1, 0.15) is 12.4 Å². The monoisotopic (exact) mass is 237 g/mol. The summed E-state index contributed by atoms with van der Waals surface area (Å²) in [7, 11) is 0. The third-order valence-corrected chi connectivity index (χ3v) is 2.94. The van der Waals surface area contributed by atoms with Gasteiger partial charge in [-0.05, 0) is 54.8 Å². The van der Waals surface area contributed by atoms with Gasteiger partial charge in [0.25, 0.3) is 0 Å². The second-order valence-corrected chi connectivity index (χ2v) is 4.35. The maximum absolute atomic E-state index is 8.82. The van der Waals surface area contributed by atoms with Crippen LogP contribution in [0.15, 0.2) is 42.5 Å². The lowest BCUT2D eigenvalue weighted by Crippen LogP contribution is -1.96. The Labute approximate surface area is 107 Å². The molecule has 0 atom stereocenters. The Morgan fingerprint density at radius 2 is 1.89 bits per heavy atom. The van der Waals surface area contributed by atoms with E-state index in [1.54, 1.807) is 6.07 Å². The second kappa shape index (κ2) is 5.37. The van der Waals surface area contributed by atoms with E-state index < -0.39 is 0 Å². The van der Waals surface area contributed by atoms with Crippen molar-refractivity contribution in [2.75, 3.05) is 0 Å². The van der Waals surface area contributed by atoms with E-state index in [0.717, 1.165) is 11.3 Å². The Bertz CT molecular complexity index is 596. The SMILES string of the molecule is Cc1ccc(OCc2cccc(C#N)c2)cc1C. The van der Waals surface area contributed by atoms with Crippen LogP contribution >= 0.6 is 0 Å². The number of nitriles is 1. The number of ether oxygens (including phenoxy) is 1. The Morgan fingerprint density at radius 1 is 1.06 bits per heavy atom. The Kier molecular flexibility index (Phi) is 3.64. The summed E-state index contributed by atoms with van der Waals surface area (Å²) in [6, 6.07) is 15.7. The van der Waals surface area contributed by atoms with Crippen LogP contribution in [-0.2, 0) is 6.61 Å². The van der Waals surface area contributed by atoms with Crippen molar-refractivity contribution in [2.45, 2.75) is 20.5 Å². The molecule has 2 aromatic rings. The van der Waals surface area contributed by atoms with Crippen LogP contribution in [0, 0.1) is 25.2 Å². The number of rotatable bonds is 3. The molecule has 2 nitrogen and oxygen atoms in total. The molecule has 0 N–H and O–H groups in total. The summed E-state index contributed by atoms with van der Waals surface area (Å²) in [5.74, 6) is 0.862. The predicted molar refractivity (Wildman–Crippen MR) is 71.4 cm³/mol. The van der Waals surface area contributed by atoms with Crippen molar-refractivity contribution in [1.82, 2.24) is 0 Å². The highest BCUT2D eigenvalue weighted by Crippen LogP contribution is 2.18. The van der Waals surface area contributed by atoms with Gasteiger partial charge in [-0.2, -0.15) is 5.26 Å². The van der Waals surface area contributed by atoms with Gasteiger partial charge in [-0.15, -0.1) is 0 Å². The molecule has 0 saturated carbocycles. The molecule has 0 spiro atoms. The molecule has 2 aromatic carbocycles. The zero-order valence-corrected chi connectivity index (χ0v) is 10.6. The van der Waals surface area contributed by atoms with Gasteiger partial charge in [-0.3, -0.25) is 0 Å². The predicted octanol–water partition coefficient (Wildman–Crippen LogP) is 3.75. The normalized spacial score (nSPS) is 9.83. The van der Waals surface area contributed by atoms with Gasteiger partial charge in [0, 0.05) is 0 Å². The van der Waals surface area contributed by atoms with E-state index in [1.165, 1.54) is 11.1 Å². The number of hydrogen-bond donors (Lipinski definition) is 0. The number of benzene rings is 2. The van der Waals surface area contributed by atoms with Crippen LogP contribution < -0.4 is 4.74 Å². The van der Waals surface area contributed by atoms with Crippen LogP contribution in [-0.4, -0.2) is 0 Å². The molecule has 0 heterocycles. The average molecular weight is 237 g/mol. The average Bonchev–Trinajstić information content (AvgIpc) is 2.40. The van der Waals surface area contributed by atoms with Gasteiger partial charge < -0.3 is 4.74 Å². The lowest BCUT2D eigenvalue weighted by molar-refractivity contribution is 0.306. The van der Waals surface area contributed by atoms with Crippen molar-refractivity contribution in [1.29, 1.82) is 5.26 Å². The third-order valence-electron chi connectivity index (χ3n) is 2.94. The van der Waals surface area contributed by atoms with E-state index >= 15 is 0 Å². The van der Waals surface area contributed by atoms with Crippen molar-refractivity contribution >= 4 is 0 Å². The fourth-order valence-electron chi connectivity index (χ4n) is 1.70. The largest absolute Gasteiger partial charge is 0.489 e.